The maximum atomic E-state index is 11.7. The Labute approximate surface area is 125 Å². The van der Waals surface area contributed by atoms with Gasteiger partial charge in [-0.3, -0.25) is 4.79 Å². The van der Waals surface area contributed by atoms with Crippen LogP contribution in [0.5, 0.6) is 5.88 Å². The van der Waals surface area contributed by atoms with Crippen LogP contribution in [0.2, 0.25) is 0 Å². The zero-order chi connectivity index (χ0) is 14.8. The normalized spacial score (nSPS) is 25.2. The van der Waals surface area contributed by atoms with Crippen molar-refractivity contribution in [3.8, 4) is 5.88 Å². The van der Waals surface area contributed by atoms with Crippen molar-refractivity contribution in [1.82, 2.24) is 4.98 Å². The quantitative estimate of drug-likeness (QED) is 0.886. The third kappa shape index (κ3) is 3.02. The number of amides is 1. The van der Waals surface area contributed by atoms with Gasteiger partial charge in [0.15, 0.2) is 0 Å². The first-order valence-corrected chi connectivity index (χ1v) is 7.90. The molecule has 2 unspecified atom stereocenters. The van der Waals surface area contributed by atoms with Crippen LogP contribution in [0.4, 0.5) is 0 Å². The first-order valence-electron chi connectivity index (χ1n) is 7.90. The number of nitrogens with zero attached hydrogens (tertiary/aromatic N) is 1. The van der Waals surface area contributed by atoms with Crippen molar-refractivity contribution in [2.45, 2.75) is 63.5 Å². The third-order valence-electron chi connectivity index (χ3n) is 4.55. The van der Waals surface area contributed by atoms with E-state index in [1.54, 1.807) is 0 Å². The Balaban J connectivity index is 1.90. The molecule has 1 fully saturated rings. The lowest BCUT2D eigenvalue weighted by Gasteiger charge is -2.29. The second-order valence-electron chi connectivity index (χ2n) is 6.12. The fourth-order valence-electron chi connectivity index (χ4n) is 3.30. The van der Waals surface area contributed by atoms with Crippen LogP contribution in [0.15, 0.2) is 6.07 Å². The van der Waals surface area contributed by atoms with Gasteiger partial charge >= 0.3 is 0 Å². The molecule has 0 radical (unpaired) electrons. The highest BCUT2D eigenvalue weighted by Crippen LogP contribution is 2.28. The van der Waals surface area contributed by atoms with Crippen molar-refractivity contribution in [3.05, 3.63) is 22.9 Å². The number of aromatic nitrogens is 1. The van der Waals surface area contributed by atoms with Gasteiger partial charge in [-0.05, 0) is 56.6 Å². The average molecular weight is 289 g/mol. The zero-order valence-electron chi connectivity index (χ0n) is 12.3. The van der Waals surface area contributed by atoms with Gasteiger partial charge in [0.25, 0.3) is 5.91 Å². The van der Waals surface area contributed by atoms with Gasteiger partial charge in [0.2, 0.25) is 5.88 Å². The number of primary amides is 1. The van der Waals surface area contributed by atoms with E-state index in [1.807, 2.05) is 6.07 Å². The Kier molecular flexibility index (Phi) is 4.10. The average Bonchev–Trinajstić information content (AvgIpc) is 2.48. The summed E-state index contributed by atoms with van der Waals surface area (Å²) in [5.74, 6) is -0.0965. The largest absolute Gasteiger partial charge is 0.472 e. The summed E-state index contributed by atoms with van der Waals surface area (Å²) in [6.07, 6.45) is 8.24. The van der Waals surface area contributed by atoms with E-state index in [0.717, 1.165) is 62.6 Å². The number of ether oxygens (including phenoxy) is 1. The smallest absolute Gasteiger partial charge is 0.254 e. The maximum absolute atomic E-state index is 11.7. The Morgan fingerprint density at radius 1 is 1.19 bits per heavy atom. The maximum Gasteiger partial charge on any atom is 0.254 e. The van der Waals surface area contributed by atoms with Crippen LogP contribution in [-0.2, 0) is 12.8 Å². The van der Waals surface area contributed by atoms with E-state index in [0.29, 0.717) is 11.4 Å². The summed E-state index contributed by atoms with van der Waals surface area (Å²) in [6.45, 7) is 0. The van der Waals surface area contributed by atoms with E-state index in [1.165, 1.54) is 0 Å². The standard InChI is InChI=1S/C16H23N3O2/c17-12-6-2-4-8-14(12)21-16-11(15(18)20)9-10-5-1-3-7-13(10)19-16/h9,12,14H,1-8,17H2,(H2,18,20). The van der Waals surface area contributed by atoms with Crippen molar-refractivity contribution in [1.29, 1.82) is 0 Å². The summed E-state index contributed by atoms with van der Waals surface area (Å²) in [5.41, 5.74) is 14.2. The first-order chi connectivity index (χ1) is 10.1. The summed E-state index contributed by atoms with van der Waals surface area (Å²) in [6, 6.07) is 1.88. The summed E-state index contributed by atoms with van der Waals surface area (Å²) in [4.78, 5) is 16.3. The lowest BCUT2D eigenvalue weighted by molar-refractivity contribution is 0.0974. The molecule has 5 heteroatoms. The second kappa shape index (κ2) is 6.02. The van der Waals surface area contributed by atoms with Gasteiger partial charge in [-0.2, -0.15) is 0 Å². The molecular weight excluding hydrogens is 266 g/mol. The zero-order valence-corrected chi connectivity index (χ0v) is 12.3. The van der Waals surface area contributed by atoms with E-state index in [9.17, 15) is 4.79 Å². The Morgan fingerprint density at radius 3 is 2.71 bits per heavy atom. The van der Waals surface area contributed by atoms with Gasteiger partial charge in [0.05, 0.1) is 0 Å². The van der Waals surface area contributed by atoms with E-state index in [2.05, 4.69) is 4.98 Å². The van der Waals surface area contributed by atoms with E-state index < -0.39 is 5.91 Å². The van der Waals surface area contributed by atoms with Gasteiger partial charge in [-0.25, -0.2) is 4.98 Å². The van der Waals surface area contributed by atoms with Gasteiger partial charge < -0.3 is 16.2 Å². The molecule has 5 nitrogen and oxygen atoms in total. The molecule has 1 heterocycles. The molecule has 1 amide bonds. The van der Waals surface area contributed by atoms with Crippen molar-refractivity contribution in [2.24, 2.45) is 11.5 Å². The second-order valence-corrected chi connectivity index (χ2v) is 6.12. The van der Waals surface area contributed by atoms with E-state index in [-0.39, 0.29) is 12.1 Å². The summed E-state index contributed by atoms with van der Waals surface area (Å²) < 4.78 is 5.99. The molecule has 3 rings (SSSR count). The lowest BCUT2D eigenvalue weighted by Crippen LogP contribution is -2.41. The minimum absolute atomic E-state index is 0.0114. The Bertz CT molecular complexity index is 545. The molecule has 0 aliphatic heterocycles. The van der Waals surface area contributed by atoms with Gasteiger partial charge in [-0.15, -0.1) is 0 Å². The van der Waals surface area contributed by atoms with Crippen LogP contribution < -0.4 is 16.2 Å². The van der Waals surface area contributed by atoms with Crippen LogP contribution in [-0.4, -0.2) is 23.0 Å². The molecule has 0 saturated heterocycles. The molecule has 21 heavy (non-hydrogen) atoms. The molecule has 0 bridgehead atoms. The fourth-order valence-corrected chi connectivity index (χ4v) is 3.30. The first kappa shape index (κ1) is 14.3. The molecule has 4 N–H and O–H groups in total. The molecule has 1 saturated carbocycles. The molecule has 2 atom stereocenters. The van der Waals surface area contributed by atoms with Crippen LogP contribution in [0.1, 0.15) is 60.1 Å². The number of hydrogen-bond acceptors (Lipinski definition) is 4. The molecule has 1 aromatic heterocycles. The number of carbonyl (C=O) groups excluding carboxylic acids is 1. The Hall–Kier alpha value is -1.62. The monoisotopic (exact) mass is 289 g/mol. The van der Waals surface area contributed by atoms with Crippen LogP contribution >= 0.6 is 0 Å². The molecule has 2 aliphatic rings. The molecule has 0 spiro atoms. The van der Waals surface area contributed by atoms with Gasteiger partial charge in [-0.1, -0.05) is 6.42 Å². The summed E-state index contributed by atoms with van der Waals surface area (Å²) in [7, 11) is 0. The van der Waals surface area contributed by atoms with Crippen molar-refractivity contribution in [3.63, 3.8) is 0 Å². The topological polar surface area (TPSA) is 91.2 Å². The number of fused-ring (bicyclic) bond motifs is 1. The number of nitrogens with two attached hydrogens (primary N) is 2. The van der Waals surface area contributed by atoms with Crippen molar-refractivity contribution in [2.75, 3.05) is 0 Å². The number of aryl methyl sites for hydroxylation is 2. The number of hydrogen-bond donors (Lipinski definition) is 2. The highest BCUT2D eigenvalue weighted by molar-refractivity contribution is 5.95. The highest BCUT2D eigenvalue weighted by atomic mass is 16.5. The molecule has 1 aromatic rings. The fraction of sp³-hybridized carbons (Fsp3) is 0.625. The molecule has 114 valence electrons. The van der Waals surface area contributed by atoms with Gasteiger partial charge in [0.1, 0.15) is 11.7 Å². The predicted molar refractivity (Wildman–Crippen MR) is 80.3 cm³/mol. The molecule has 2 aliphatic carbocycles. The lowest BCUT2D eigenvalue weighted by atomic mass is 9.93. The van der Waals surface area contributed by atoms with Gasteiger partial charge in [0, 0.05) is 11.7 Å². The van der Waals surface area contributed by atoms with E-state index in [4.69, 9.17) is 16.2 Å². The number of rotatable bonds is 3. The van der Waals surface area contributed by atoms with Crippen molar-refractivity contribution >= 4 is 5.91 Å². The SMILES string of the molecule is NC(=O)c1cc2c(nc1OC1CCCCC1N)CCCC2. The summed E-state index contributed by atoms with van der Waals surface area (Å²) >= 11 is 0. The minimum atomic E-state index is -0.477. The van der Waals surface area contributed by atoms with Crippen LogP contribution in [0.3, 0.4) is 0 Å². The van der Waals surface area contributed by atoms with E-state index >= 15 is 0 Å². The molecular formula is C16H23N3O2. The highest BCUT2D eigenvalue weighted by Gasteiger charge is 2.27. The van der Waals surface area contributed by atoms with Crippen molar-refractivity contribution < 1.29 is 9.53 Å². The minimum Gasteiger partial charge on any atom is -0.472 e. The number of pyridine rings is 1. The van der Waals surface area contributed by atoms with Crippen LogP contribution in [0.25, 0.3) is 0 Å². The Morgan fingerprint density at radius 2 is 1.95 bits per heavy atom. The summed E-state index contributed by atoms with van der Waals surface area (Å²) in [5, 5.41) is 0. The van der Waals surface area contributed by atoms with Crippen LogP contribution in [0, 0.1) is 0 Å². The predicted octanol–water partition coefficient (Wildman–Crippen LogP) is 1.71. The molecule has 0 aromatic carbocycles. The third-order valence-corrected chi connectivity index (χ3v) is 4.55. The number of carbonyl (C=O) groups is 1.